The highest BCUT2D eigenvalue weighted by Crippen LogP contribution is 2.38. The van der Waals surface area contributed by atoms with Crippen LogP contribution in [-0.2, 0) is 5.41 Å². The summed E-state index contributed by atoms with van der Waals surface area (Å²) in [6, 6.07) is 11.2. The third kappa shape index (κ3) is 4.07. The van der Waals surface area contributed by atoms with Gasteiger partial charge in [0.2, 0.25) is 0 Å². The third-order valence-corrected chi connectivity index (χ3v) is 4.40. The van der Waals surface area contributed by atoms with Gasteiger partial charge >= 0.3 is 0 Å². The molecule has 106 valence electrons. The van der Waals surface area contributed by atoms with Gasteiger partial charge in [-0.15, -0.1) is 0 Å². The maximum absolute atomic E-state index is 3.76. The molecule has 1 aromatic carbocycles. The highest BCUT2D eigenvalue weighted by Gasteiger charge is 2.33. The zero-order valence-electron chi connectivity index (χ0n) is 12.8. The maximum atomic E-state index is 3.76. The molecule has 0 aliphatic heterocycles. The average molecular weight is 259 g/mol. The fraction of sp³-hybridized carbons (Fsp3) is 0.667. The second-order valence-electron chi connectivity index (χ2n) is 7.16. The molecule has 1 saturated carbocycles. The molecule has 19 heavy (non-hydrogen) atoms. The Morgan fingerprint density at radius 3 is 2.05 bits per heavy atom. The highest BCUT2D eigenvalue weighted by molar-refractivity contribution is 5.26. The Kier molecular flexibility index (Phi) is 4.67. The van der Waals surface area contributed by atoms with Crippen LogP contribution in [0.5, 0.6) is 0 Å². The van der Waals surface area contributed by atoms with E-state index >= 15 is 0 Å². The Labute approximate surface area is 118 Å². The van der Waals surface area contributed by atoms with Crippen LogP contribution in [0.25, 0.3) is 0 Å². The van der Waals surface area contributed by atoms with Crippen molar-refractivity contribution in [3.63, 3.8) is 0 Å². The van der Waals surface area contributed by atoms with Crippen LogP contribution < -0.4 is 5.32 Å². The van der Waals surface area contributed by atoms with Gasteiger partial charge in [-0.25, -0.2) is 0 Å². The molecule has 0 radical (unpaired) electrons. The van der Waals surface area contributed by atoms with E-state index in [4.69, 9.17) is 0 Å². The summed E-state index contributed by atoms with van der Waals surface area (Å²) < 4.78 is 0. The predicted octanol–water partition coefficient (Wildman–Crippen LogP) is 4.67. The third-order valence-electron chi connectivity index (χ3n) is 4.40. The van der Waals surface area contributed by atoms with E-state index < -0.39 is 0 Å². The number of hydrogen-bond acceptors (Lipinski definition) is 1. The second kappa shape index (κ2) is 6.09. The van der Waals surface area contributed by atoms with E-state index in [-0.39, 0.29) is 5.54 Å². The van der Waals surface area contributed by atoms with E-state index in [2.05, 4.69) is 56.4 Å². The largest absolute Gasteiger partial charge is 0.311 e. The topological polar surface area (TPSA) is 12.0 Å². The Morgan fingerprint density at radius 1 is 0.947 bits per heavy atom. The molecule has 1 fully saturated rings. The number of hydrogen-bond donors (Lipinski definition) is 1. The van der Waals surface area contributed by atoms with Crippen molar-refractivity contribution in [3.05, 3.63) is 35.9 Å². The van der Waals surface area contributed by atoms with E-state index in [0.717, 1.165) is 6.54 Å². The van der Waals surface area contributed by atoms with Gasteiger partial charge in [-0.2, -0.15) is 0 Å². The summed E-state index contributed by atoms with van der Waals surface area (Å²) in [5.74, 6) is 0. The summed E-state index contributed by atoms with van der Waals surface area (Å²) >= 11 is 0. The minimum Gasteiger partial charge on any atom is -0.311 e. The molecule has 1 heteroatoms. The first-order chi connectivity index (χ1) is 9.02. The fourth-order valence-electron chi connectivity index (χ4n) is 3.20. The fourth-order valence-corrected chi connectivity index (χ4v) is 3.20. The molecular weight excluding hydrogens is 230 g/mol. The van der Waals surface area contributed by atoms with Gasteiger partial charge in [0.15, 0.2) is 0 Å². The monoisotopic (exact) mass is 259 g/mol. The molecule has 1 aliphatic rings. The summed E-state index contributed by atoms with van der Waals surface area (Å²) in [5, 5.41) is 3.76. The lowest BCUT2D eigenvalue weighted by Crippen LogP contribution is -2.46. The quantitative estimate of drug-likeness (QED) is 0.778. The molecular formula is C18H29N. The van der Waals surface area contributed by atoms with E-state index in [0.29, 0.717) is 5.41 Å². The van der Waals surface area contributed by atoms with Gasteiger partial charge in [0.25, 0.3) is 0 Å². The minimum absolute atomic E-state index is 0.202. The van der Waals surface area contributed by atoms with Crippen LogP contribution in [-0.4, -0.2) is 12.1 Å². The normalized spacial score (nSPS) is 19.9. The van der Waals surface area contributed by atoms with Crippen molar-refractivity contribution in [1.29, 1.82) is 0 Å². The zero-order valence-corrected chi connectivity index (χ0v) is 12.8. The van der Waals surface area contributed by atoms with E-state index in [9.17, 15) is 0 Å². The van der Waals surface area contributed by atoms with E-state index in [1.165, 1.54) is 44.1 Å². The lowest BCUT2D eigenvalue weighted by Gasteiger charge is -2.37. The molecule has 0 amide bonds. The Morgan fingerprint density at radius 2 is 1.53 bits per heavy atom. The first-order valence-electron chi connectivity index (χ1n) is 7.82. The van der Waals surface area contributed by atoms with Crippen molar-refractivity contribution >= 4 is 0 Å². The molecule has 1 nitrogen and oxygen atoms in total. The van der Waals surface area contributed by atoms with Crippen LogP contribution in [0.3, 0.4) is 0 Å². The Bertz CT molecular complexity index is 366. The van der Waals surface area contributed by atoms with Crippen LogP contribution in [0.1, 0.15) is 64.9 Å². The SMILES string of the molecule is CC(C)(C)NCC1(c2ccccc2)CCCCCC1. The molecule has 2 rings (SSSR count). The summed E-state index contributed by atoms with van der Waals surface area (Å²) in [5.41, 5.74) is 2.09. The zero-order chi connectivity index (χ0) is 13.8. The van der Waals surface area contributed by atoms with Gasteiger partial charge in [-0.1, -0.05) is 56.0 Å². The molecule has 0 unspecified atom stereocenters. The van der Waals surface area contributed by atoms with Crippen molar-refractivity contribution in [2.45, 2.75) is 70.3 Å². The van der Waals surface area contributed by atoms with Gasteiger partial charge in [-0.05, 0) is 39.2 Å². The van der Waals surface area contributed by atoms with Crippen LogP contribution >= 0.6 is 0 Å². The lowest BCUT2D eigenvalue weighted by atomic mass is 9.74. The van der Waals surface area contributed by atoms with E-state index in [1.54, 1.807) is 0 Å². The average Bonchev–Trinajstić information content (AvgIpc) is 2.63. The van der Waals surface area contributed by atoms with Crippen LogP contribution in [0.4, 0.5) is 0 Å². The van der Waals surface area contributed by atoms with Crippen LogP contribution in [0, 0.1) is 0 Å². The predicted molar refractivity (Wildman–Crippen MR) is 83.6 cm³/mol. The molecule has 0 bridgehead atoms. The summed E-state index contributed by atoms with van der Waals surface area (Å²) in [4.78, 5) is 0. The number of rotatable bonds is 3. The van der Waals surface area contributed by atoms with Gasteiger partial charge in [-0.3, -0.25) is 0 Å². The standard InChI is InChI=1S/C18H29N/c1-17(2,3)19-15-18(13-9-4-5-10-14-18)16-11-7-6-8-12-16/h6-8,11-12,19H,4-5,9-10,13-15H2,1-3H3. The molecule has 1 N–H and O–H groups in total. The molecule has 0 spiro atoms. The Hall–Kier alpha value is -0.820. The first-order valence-corrected chi connectivity index (χ1v) is 7.82. The smallest absolute Gasteiger partial charge is 0.00968 e. The summed E-state index contributed by atoms with van der Waals surface area (Å²) in [7, 11) is 0. The van der Waals surface area contributed by atoms with Crippen molar-refractivity contribution < 1.29 is 0 Å². The second-order valence-corrected chi connectivity index (χ2v) is 7.16. The summed E-state index contributed by atoms with van der Waals surface area (Å²) in [6.07, 6.45) is 8.23. The maximum Gasteiger partial charge on any atom is 0.00968 e. The first kappa shape index (κ1) is 14.6. The molecule has 0 heterocycles. The van der Waals surface area contributed by atoms with E-state index in [1.807, 2.05) is 0 Å². The van der Waals surface area contributed by atoms with Gasteiger partial charge in [0, 0.05) is 17.5 Å². The van der Waals surface area contributed by atoms with Crippen molar-refractivity contribution in [2.75, 3.05) is 6.54 Å². The minimum atomic E-state index is 0.202. The van der Waals surface area contributed by atoms with Crippen molar-refractivity contribution in [2.24, 2.45) is 0 Å². The molecule has 1 aromatic rings. The molecule has 0 saturated heterocycles. The number of benzene rings is 1. The summed E-state index contributed by atoms with van der Waals surface area (Å²) in [6.45, 7) is 7.91. The Balaban J connectivity index is 2.21. The van der Waals surface area contributed by atoms with Gasteiger partial charge in [0.1, 0.15) is 0 Å². The molecule has 0 aromatic heterocycles. The van der Waals surface area contributed by atoms with Gasteiger partial charge in [0.05, 0.1) is 0 Å². The van der Waals surface area contributed by atoms with Gasteiger partial charge < -0.3 is 5.32 Å². The molecule has 0 atom stereocenters. The highest BCUT2D eigenvalue weighted by atomic mass is 15.0. The van der Waals surface area contributed by atoms with Crippen LogP contribution in [0.2, 0.25) is 0 Å². The number of nitrogens with one attached hydrogen (secondary N) is 1. The van der Waals surface area contributed by atoms with Crippen molar-refractivity contribution in [3.8, 4) is 0 Å². The van der Waals surface area contributed by atoms with Crippen LogP contribution in [0.15, 0.2) is 30.3 Å². The van der Waals surface area contributed by atoms with Crippen molar-refractivity contribution in [1.82, 2.24) is 5.32 Å². The lowest BCUT2D eigenvalue weighted by molar-refractivity contribution is 0.300. The molecule has 1 aliphatic carbocycles.